The maximum absolute atomic E-state index is 12.2. The first-order chi connectivity index (χ1) is 9.37. The molecule has 1 saturated heterocycles. The second kappa shape index (κ2) is 5.61. The summed E-state index contributed by atoms with van der Waals surface area (Å²) in [5.74, 6) is -0.828. The average molecular weight is 318 g/mol. The van der Waals surface area contributed by atoms with E-state index in [1.807, 2.05) is 0 Å². The van der Waals surface area contributed by atoms with Crippen molar-refractivity contribution in [2.75, 3.05) is 23.4 Å². The standard InChI is InChI=1S/C13H16ClNO4S/c1-2-19-12(16)13(6-7-20(17,18)9-13)15-11-5-3-4-10(14)8-11/h3-5,8,15H,2,6-7,9H2,1H3. The SMILES string of the molecule is CCOC(=O)C1(Nc2cccc(Cl)c2)CCS(=O)(=O)C1. The van der Waals surface area contributed by atoms with Gasteiger partial charge in [0.25, 0.3) is 0 Å². The molecule has 0 aromatic heterocycles. The van der Waals surface area contributed by atoms with Crippen molar-refractivity contribution >= 4 is 33.1 Å². The molecule has 0 amide bonds. The van der Waals surface area contributed by atoms with Crippen LogP contribution < -0.4 is 5.32 Å². The number of anilines is 1. The fraction of sp³-hybridized carbons (Fsp3) is 0.462. The Morgan fingerprint density at radius 3 is 2.80 bits per heavy atom. The lowest BCUT2D eigenvalue weighted by Crippen LogP contribution is -2.48. The van der Waals surface area contributed by atoms with Gasteiger partial charge in [-0.15, -0.1) is 0 Å². The molecule has 1 unspecified atom stereocenters. The molecule has 0 saturated carbocycles. The Labute approximate surface area is 123 Å². The summed E-state index contributed by atoms with van der Waals surface area (Å²) in [5.41, 5.74) is -0.623. The van der Waals surface area contributed by atoms with Gasteiger partial charge in [-0.25, -0.2) is 13.2 Å². The molecule has 2 rings (SSSR count). The van der Waals surface area contributed by atoms with Crippen LogP contribution in [-0.2, 0) is 19.4 Å². The maximum atomic E-state index is 12.2. The minimum atomic E-state index is -3.24. The fourth-order valence-corrected chi connectivity index (χ4v) is 4.35. The van der Waals surface area contributed by atoms with Crippen molar-refractivity contribution in [3.05, 3.63) is 29.3 Å². The molecule has 1 aromatic rings. The van der Waals surface area contributed by atoms with Gasteiger partial charge in [0.05, 0.1) is 18.1 Å². The molecule has 1 fully saturated rings. The molecular weight excluding hydrogens is 302 g/mol. The lowest BCUT2D eigenvalue weighted by molar-refractivity contribution is -0.147. The topological polar surface area (TPSA) is 72.5 Å². The van der Waals surface area contributed by atoms with Gasteiger partial charge in [-0.3, -0.25) is 0 Å². The third-order valence-electron chi connectivity index (χ3n) is 3.18. The molecule has 20 heavy (non-hydrogen) atoms. The third-order valence-corrected chi connectivity index (χ3v) is 5.17. The van der Waals surface area contributed by atoms with Crippen LogP contribution in [0.15, 0.2) is 24.3 Å². The van der Waals surface area contributed by atoms with E-state index in [0.717, 1.165) is 0 Å². The molecule has 110 valence electrons. The molecule has 1 N–H and O–H groups in total. The average Bonchev–Trinajstić information content (AvgIpc) is 2.66. The summed E-state index contributed by atoms with van der Waals surface area (Å²) < 4.78 is 28.5. The van der Waals surface area contributed by atoms with Crippen LogP contribution in [0.25, 0.3) is 0 Å². The summed E-state index contributed by atoms with van der Waals surface area (Å²) in [5, 5.41) is 3.51. The summed E-state index contributed by atoms with van der Waals surface area (Å²) in [4.78, 5) is 12.2. The quantitative estimate of drug-likeness (QED) is 0.858. The predicted octanol–water partition coefficient (Wildman–Crippen LogP) is 1.87. The van der Waals surface area contributed by atoms with Gasteiger partial charge < -0.3 is 10.1 Å². The van der Waals surface area contributed by atoms with E-state index in [2.05, 4.69) is 5.32 Å². The number of benzene rings is 1. The first-order valence-electron chi connectivity index (χ1n) is 6.28. The monoisotopic (exact) mass is 317 g/mol. The number of sulfone groups is 1. The molecule has 0 bridgehead atoms. The van der Waals surface area contributed by atoms with E-state index in [-0.39, 0.29) is 24.5 Å². The van der Waals surface area contributed by atoms with E-state index < -0.39 is 21.3 Å². The van der Waals surface area contributed by atoms with Crippen LogP contribution in [-0.4, -0.2) is 38.0 Å². The summed E-state index contributed by atoms with van der Waals surface area (Å²) in [6, 6.07) is 6.81. The summed E-state index contributed by atoms with van der Waals surface area (Å²) in [6.45, 7) is 1.90. The van der Waals surface area contributed by atoms with Crippen LogP contribution in [0, 0.1) is 0 Å². The molecule has 1 heterocycles. The van der Waals surface area contributed by atoms with Gasteiger partial charge in [0, 0.05) is 10.7 Å². The second-order valence-electron chi connectivity index (χ2n) is 4.78. The summed E-state index contributed by atoms with van der Waals surface area (Å²) in [7, 11) is -3.24. The van der Waals surface area contributed by atoms with Crippen molar-refractivity contribution < 1.29 is 17.9 Å². The highest BCUT2D eigenvalue weighted by Gasteiger charge is 2.49. The lowest BCUT2D eigenvalue weighted by atomic mass is 9.98. The number of rotatable bonds is 4. The lowest BCUT2D eigenvalue weighted by Gasteiger charge is -2.27. The van der Waals surface area contributed by atoms with Crippen LogP contribution in [0.3, 0.4) is 0 Å². The van der Waals surface area contributed by atoms with Gasteiger partial charge in [0.15, 0.2) is 15.4 Å². The zero-order valence-corrected chi connectivity index (χ0v) is 12.6. The van der Waals surface area contributed by atoms with Crippen LogP contribution in [0.4, 0.5) is 5.69 Å². The Balaban J connectivity index is 2.31. The maximum Gasteiger partial charge on any atom is 0.332 e. The number of hydrogen-bond donors (Lipinski definition) is 1. The van der Waals surface area contributed by atoms with Gasteiger partial charge in [-0.2, -0.15) is 0 Å². The van der Waals surface area contributed by atoms with Gasteiger partial charge >= 0.3 is 5.97 Å². The minimum absolute atomic E-state index is 0.0284. The van der Waals surface area contributed by atoms with E-state index in [1.165, 1.54) is 0 Å². The number of nitrogens with one attached hydrogen (secondary N) is 1. The molecule has 1 atom stereocenters. The highest BCUT2D eigenvalue weighted by Crippen LogP contribution is 2.30. The van der Waals surface area contributed by atoms with Crippen molar-refractivity contribution in [3.8, 4) is 0 Å². The van der Waals surface area contributed by atoms with Crippen molar-refractivity contribution in [1.29, 1.82) is 0 Å². The van der Waals surface area contributed by atoms with Gasteiger partial charge in [0.2, 0.25) is 0 Å². The van der Waals surface area contributed by atoms with Gasteiger partial charge in [0.1, 0.15) is 0 Å². The Morgan fingerprint density at radius 1 is 1.50 bits per heavy atom. The third kappa shape index (κ3) is 3.24. The van der Waals surface area contributed by atoms with E-state index >= 15 is 0 Å². The zero-order valence-electron chi connectivity index (χ0n) is 11.1. The molecular formula is C13H16ClNO4S. The van der Waals surface area contributed by atoms with Crippen LogP contribution >= 0.6 is 11.6 Å². The largest absolute Gasteiger partial charge is 0.464 e. The molecule has 1 aromatic carbocycles. The highest BCUT2D eigenvalue weighted by atomic mass is 35.5. The number of carbonyl (C=O) groups excluding carboxylic acids is 1. The number of halogens is 1. The van der Waals surface area contributed by atoms with Crippen LogP contribution in [0.5, 0.6) is 0 Å². The highest BCUT2D eigenvalue weighted by molar-refractivity contribution is 7.91. The molecule has 7 heteroatoms. The van der Waals surface area contributed by atoms with E-state index in [9.17, 15) is 13.2 Å². The molecule has 0 spiro atoms. The van der Waals surface area contributed by atoms with E-state index in [0.29, 0.717) is 10.7 Å². The van der Waals surface area contributed by atoms with Gasteiger partial charge in [-0.05, 0) is 31.5 Å². The summed E-state index contributed by atoms with van der Waals surface area (Å²) >= 11 is 5.90. The zero-order chi connectivity index (χ0) is 14.8. The Hall–Kier alpha value is -1.27. The van der Waals surface area contributed by atoms with E-state index in [4.69, 9.17) is 16.3 Å². The number of carbonyl (C=O) groups is 1. The Bertz CT molecular complexity index is 617. The van der Waals surface area contributed by atoms with Crippen LogP contribution in [0.1, 0.15) is 13.3 Å². The van der Waals surface area contributed by atoms with Crippen LogP contribution in [0.2, 0.25) is 5.02 Å². The normalized spacial score (nSPS) is 24.3. The number of ether oxygens (including phenoxy) is 1. The van der Waals surface area contributed by atoms with E-state index in [1.54, 1.807) is 31.2 Å². The predicted molar refractivity (Wildman–Crippen MR) is 77.7 cm³/mol. The number of hydrogen-bond acceptors (Lipinski definition) is 5. The summed E-state index contributed by atoms with van der Waals surface area (Å²) in [6.07, 6.45) is 0.195. The first-order valence-corrected chi connectivity index (χ1v) is 8.48. The van der Waals surface area contributed by atoms with Crippen molar-refractivity contribution in [1.82, 2.24) is 0 Å². The second-order valence-corrected chi connectivity index (χ2v) is 7.40. The number of esters is 1. The Kier molecular flexibility index (Phi) is 4.25. The van der Waals surface area contributed by atoms with Crippen molar-refractivity contribution in [2.24, 2.45) is 0 Å². The Morgan fingerprint density at radius 2 is 2.25 bits per heavy atom. The molecule has 5 nitrogen and oxygen atoms in total. The minimum Gasteiger partial charge on any atom is -0.464 e. The molecule has 0 radical (unpaired) electrons. The fourth-order valence-electron chi connectivity index (χ4n) is 2.27. The van der Waals surface area contributed by atoms with Crippen molar-refractivity contribution in [3.63, 3.8) is 0 Å². The smallest absolute Gasteiger partial charge is 0.332 e. The van der Waals surface area contributed by atoms with Gasteiger partial charge in [-0.1, -0.05) is 17.7 Å². The molecule has 1 aliphatic heterocycles. The molecule has 1 aliphatic rings. The molecule has 0 aliphatic carbocycles. The first kappa shape index (κ1) is 15.1. The van der Waals surface area contributed by atoms with Crippen molar-refractivity contribution in [2.45, 2.75) is 18.9 Å².